The van der Waals surface area contributed by atoms with Crippen molar-refractivity contribution in [2.24, 2.45) is 5.16 Å². The van der Waals surface area contributed by atoms with Crippen molar-refractivity contribution in [3.63, 3.8) is 0 Å². The first-order valence-electron chi connectivity index (χ1n) is 12.1. The number of β-lactam (4-membered cyclic amide) rings is 1. The molecule has 0 spiro atoms. The van der Waals surface area contributed by atoms with Crippen LogP contribution in [0.15, 0.2) is 41.0 Å². The summed E-state index contributed by atoms with van der Waals surface area (Å²) in [5.41, 5.74) is 6.56. The summed E-state index contributed by atoms with van der Waals surface area (Å²) >= 11 is 8.28. The molecule has 2 fully saturated rings. The van der Waals surface area contributed by atoms with Gasteiger partial charge in [-0.2, -0.15) is 0 Å². The first-order valence-corrected chi connectivity index (χ1v) is 14.4. The summed E-state index contributed by atoms with van der Waals surface area (Å²) in [5, 5.41) is 26.7. The molecule has 0 unspecified atom stereocenters. The zero-order chi connectivity index (χ0) is 28.7. The summed E-state index contributed by atoms with van der Waals surface area (Å²) in [6.45, 7) is 1.46. The summed E-state index contributed by atoms with van der Waals surface area (Å²) in [6.07, 6.45) is 4.71. The minimum absolute atomic E-state index is 0.000980. The van der Waals surface area contributed by atoms with Crippen molar-refractivity contribution in [1.82, 2.24) is 15.2 Å². The van der Waals surface area contributed by atoms with Gasteiger partial charge in [-0.1, -0.05) is 28.1 Å². The Hall–Kier alpha value is -3.69. The standard InChI is InChI=1S/C24H23ClN6O7S2/c1-10(22(34)35)38-29-15(14-18(25)40-24(26)28-14)19(32)27-16-20(33)31-17(23(36)37)13(9-39-21(16)31)8-30-6-4-12(5-7-30)11-2-3-11/h4-7,10-11,16,21H,2-3,8-9H2,1H3,(H4-,26,27,28,32,34,35,36,37)/b29-15-/t10-,16+,21+/m0/s1. The van der Waals surface area contributed by atoms with Crippen molar-refractivity contribution >= 4 is 69.3 Å². The number of aliphatic carboxylic acids is 2. The van der Waals surface area contributed by atoms with Crippen LogP contribution in [0.1, 0.15) is 36.9 Å². The van der Waals surface area contributed by atoms with Gasteiger partial charge in [0.1, 0.15) is 21.4 Å². The molecule has 2 aliphatic heterocycles. The van der Waals surface area contributed by atoms with Gasteiger partial charge in [-0.3, -0.25) is 14.5 Å². The molecule has 2 amide bonds. The molecular weight excluding hydrogens is 584 g/mol. The number of thiazole rings is 1. The van der Waals surface area contributed by atoms with Crippen molar-refractivity contribution in [3.8, 4) is 0 Å². The van der Waals surface area contributed by atoms with Gasteiger partial charge in [0.2, 0.25) is 6.10 Å². The van der Waals surface area contributed by atoms with E-state index in [0.717, 1.165) is 16.2 Å². The van der Waals surface area contributed by atoms with Crippen molar-refractivity contribution in [2.45, 2.75) is 49.7 Å². The lowest BCUT2D eigenvalue weighted by Gasteiger charge is -2.50. The number of halogens is 1. The number of oxime groups is 1. The van der Waals surface area contributed by atoms with Crippen LogP contribution >= 0.6 is 34.7 Å². The fourth-order valence-corrected chi connectivity index (χ4v) is 6.58. The van der Waals surface area contributed by atoms with Crippen LogP contribution < -0.4 is 20.7 Å². The number of carbonyl (C=O) groups is 4. The maximum absolute atomic E-state index is 13.2. The number of thioether (sulfide) groups is 1. The average Bonchev–Trinajstić information content (AvgIpc) is 3.71. The van der Waals surface area contributed by atoms with Crippen molar-refractivity contribution in [1.29, 1.82) is 0 Å². The van der Waals surface area contributed by atoms with Gasteiger partial charge >= 0.3 is 5.97 Å². The lowest BCUT2D eigenvalue weighted by molar-refractivity contribution is -0.689. The monoisotopic (exact) mass is 606 g/mol. The number of carboxylic acid groups (broad SMARTS) is 2. The second-order valence-corrected chi connectivity index (χ2v) is 12.1. The molecule has 3 aliphatic rings. The normalized spacial score (nSPS) is 21.4. The number of nitrogens with one attached hydrogen (secondary N) is 1. The Labute approximate surface area is 240 Å². The van der Waals surface area contributed by atoms with Gasteiger partial charge in [0.15, 0.2) is 29.8 Å². The van der Waals surface area contributed by atoms with E-state index in [-0.39, 0.29) is 33.2 Å². The Bertz CT molecular complexity index is 1460. The van der Waals surface area contributed by atoms with E-state index in [1.807, 2.05) is 29.1 Å². The second kappa shape index (κ2) is 11.1. The van der Waals surface area contributed by atoms with Gasteiger partial charge in [0.25, 0.3) is 11.8 Å². The number of rotatable bonds is 10. The van der Waals surface area contributed by atoms with E-state index in [2.05, 4.69) is 15.5 Å². The van der Waals surface area contributed by atoms with E-state index in [1.165, 1.54) is 37.1 Å². The molecule has 4 heterocycles. The highest BCUT2D eigenvalue weighted by Crippen LogP contribution is 2.41. The van der Waals surface area contributed by atoms with Gasteiger partial charge in [-0.05, 0) is 31.2 Å². The van der Waals surface area contributed by atoms with Crippen LogP contribution in [0.5, 0.6) is 0 Å². The Kier molecular flexibility index (Phi) is 7.70. The number of nitrogen functional groups attached to an aromatic ring is 1. The predicted molar refractivity (Wildman–Crippen MR) is 142 cm³/mol. The first-order chi connectivity index (χ1) is 19.0. The highest BCUT2D eigenvalue weighted by molar-refractivity contribution is 8.00. The van der Waals surface area contributed by atoms with Gasteiger partial charge in [0.05, 0.1) is 11.7 Å². The van der Waals surface area contributed by atoms with Gasteiger partial charge < -0.3 is 30.9 Å². The number of nitrogens with zero attached hydrogens (tertiary/aromatic N) is 4. The lowest BCUT2D eigenvalue weighted by Crippen LogP contribution is -2.71. The third-order valence-electron chi connectivity index (χ3n) is 6.56. The summed E-state index contributed by atoms with van der Waals surface area (Å²) in [7, 11) is 0. The number of carboxylic acids is 2. The Morgan fingerprint density at radius 3 is 2.65 bits per heavy atom. The van der Waals surface area contributed by atoms with Crippen molar-refractivity contribution in [3.05, 3.63) is 51.4 Å². The number of anilines is 1. The molecule has 3 atom stereocenters. The number of hydrogen-bond acceptors (Lipinski definition) is 11. The molecule has 0 aromatic carbocycles. The molecule has 40 heavy (non-hydrogen) atoms. The SMILES string of the molecule is C[C@H](O/N=C(\C(=O)N[C@@H]1C(=O)N2C(C(=O)[O-])=C(C[n+]3ccc(C4CC4)cc3)CS[C@H]12)c1nc(N)sc1Cl)C(=O)O. The molecule has 1 aliphatic carbocycles. The van der Waals surface area contributed by atoms with E-state index >= 15 is 0 Å². The molecular formula is C24H23ClN6O7S2. The van der Waals surface area contributed by atoms with Gasteiger partial charge in [-0.25, -0.2) is 14.3 Å². The molecule has 4 N–H and O–H groups in total. The third kappa shape index (κ3) is 5.48. The highest BCUT2D eigenvalue weighted by Gasteiger charge is 2.53. The maximum Gasteiger partial charge on any atom is 0.347 e. The molecule has 0 bridgehead atoms. The maximum atomic E-state index is 13.2. The van der Waals surface area contributed by atoms with Crippen molar-refractivity contribution in [2.75, 3.05) is 11.5 Å². The van der Waals surface area contributed by atoms with E-state index in [1.54, 1.807) is 0 Å². The van der Waals surface area contributed by atoms with Crippen LogP contribution in [0.3, 0.4) is 0 Å². The van der Waals surface area contributed by atoms with Crippen LogP contribution in [0, 0.1) is 0 Å². The number of amides is 2. The molecule has 210 valence electrons. The minimum Gasteiger partial charge on any atom is -0.543 e. The molecule has 16 heteroatoms. The summed E-state index contributed by atoms with van der Waals surface area (Å²) in [5.74, 6) is -3.53. The quantitative estimate of drug-likeness (QED) is 0.142. The van der Waals surface area contributed by atoms with E-state index in [9.17, 15) is 24.3 Å². The Morgan fingerprint density at radius 1 is 1.38 bits per heavy atom. The lowest BCUT2D eigenvalue weighted by atomic mass is 10.0. The Morgan fingerprint density at radius 2 is 2.08 bits per heavy atom. The summed E-state index contributed by atoms with van der Waals surface area (Å²) in [6, 6.07) is 2.92. The summed E-state index contributed by atoms with van der Waals surface area (Å²) in [4.78, 5) is 59.5. The number of aromatic nitrogens is 2. The zero-order valence-corrected chi connectivity index (χ0v) is 23.3. The number of fused-ring (bicyclic) bond motifs is 1. The fraction of sp³-hybridized carbons (Fsp3) is 0.375. The molecule has 13 nitrogen and oxygen atoms in total. The van der Waals surface area contributed by atoms with Crippen LogP contribution in [-0.4, -0.2) is 67.7 Å². The molecule has 2 aromatic rings. The minimum atomic E-state index is -1.49. The fourth-order valence-electron chi connectivity index (χ4n) is 4.32. The smallest absolute Gasteiger partial charge is 0.347 e. The molecule has 0 radical (unpaired) electrons. The average molecular weight is 607 g/mol. The Balaban J connectivity index is 1.34. The number of pyridine rings is 1. The van der Waals surface area contributed by atoms with Crippen LogP contribution in [-0.2, 0) is 30.6 Å². The van der Waals surface area contributed by atoms with Gasteiger partial charge in [-0.15, -0.1) is 11.8 Å². The van der Waals surface area contributed by atoms with Crippen LogP contribution in [0.2, 0.25) is 4.34 Å². The predicted octanol–water partition coefficient (Wildman–Crippen LogP) is -0.158. The first kappa shape index (κ1) is 27.9. The van der Waals surface area contributed by atoms with E-state index in [4.69, 9.17) is 27.3 Å². The van der Waals surface area contributed by atoms with Crippen LogP contribution in [0.4, 0.5) is 5.13 Å². The van der Waals surface area contributed by atoms with Gasteiger partial charge in [0, 0.05) is 23.5 Å². The molecule has 1 saturated carbocycles. The second-order valence-electron chi connectivity index (χ2n) is 9.38. The zero-order valence-electron chi connectivity index (χ0n) is 20.9. The van der Waals surface area contributed by atoms with E-state index in [0.29, 0.717) is 11.5 Å². The molecule has 1 saturated heterocycles. The highest BCUT2D eigenvalue weighted by atomic mass is 35.5. The number of nitrogens with two attached hydrogens (primary N) is 1. The molecule has 5 rings (SSSR count). The third-order valence-corrected chi connectivity index (χ3v) is 8.98. The number of carbonyl (C=O) groups excluding carboxylic acids is 3. The van der Waals surface area contributed by atoms with Crippen LogP contribution in [0.25, 0.3) is 0 Å². The number of hydrogen-bond donors (Lipinski definition) is 3. The molecule has 2 aromatic heterocycles. The summed E-state index contributed by atoms with van der Waals surface area (Å²) < 4.78 is 1.85. The largest absolute Gasteiger partial charge is 0.543 e. The van der Waals surface area contributed by atoms with E-state index < -0.39 is 47.0 Å². The topological polar surface area (TPSA) is 191 Å². The van der Waals surface area contributed by atoms with Crippen molar-refractivity contribution < 1.29 is 38.8 Å².